The van der Waals surface area contributed by atoms with Crippen LogP contribution in [0.2, 0.25) is 0 Å². The summed E-state index contributed by atoms with van der Waals surface area (Å²) in [6.45, 7) is 0. The van der Waals surface area contributed by atoms with Crippen LogP contribution in [0.4, 0.5) is 0 Å². The zero-order chi connectivity index (χ0) is 7.56. The van der Waals surface area contributed by atoms with Crippen molar-refractivity contribution in [1.82, 2.24) is 0 Å². The molecule has 2 nitrogen and oxygen atoms in total. The van der Waals surface area contributed by atoms with Crippen LogP contribution in [0.5, 0.6) is 0 Å². The van der Waals surface area contributed by atoms with Gasteiger partial charge in [-0.1, -0.05) is 6.42 Å². The fraction of sp³-hybridized carbons (Fsp3) is 1.00. The van der Waals surface area contributed by atoms with Gasteiger partial charge in [0, 0.05) is 18.0 Å². The van der Waals surface area contributed by atoms with Crippen molar-refractivity contribution in [3.63, 3.8) is 0 Å². The second-order valence-electron chi connectivity index (χ2n) is 3.09. The fourth-order valence-corrected chi connectivity index (χ4v) is 1.89. The molecule has 1 rings (SSSR count). The van der Waals surface area contributed by atoms with Crippen LogP contribution in [-0.4, -0.2) is 18.0 Å². The minimum Gasteiger partial charge on any atom is -0.326 e. The Morgan fingerprint density at radius 1 is 1.30 bits per heavy atom. The summed E-state index contributed by atoms with van der Waals surface area (Å²) in [7, 11) is 0. The van der Waals surface area contributed by atoms with E-state index in [2.05, 4.69) is 0 Å². The average Bonchev–Trinajstić information content (AvgIpc) is 1.95. The third-order valence-corrected chi connectivity index (χ3v) is 2.75. The average molecular weight is 163 g/mol. The molecule has 0 heterocycles. The summed E-state index contributed by atoms with van der Waals surface area (Å²) >= 11 is 5.70. The zero-order valence-corrected chi connectivity index (χ0v) is 6.85. The van der Waals surface area contributed by atoms with E-state index in [1.807, 2.05) is 0 Å². The molecule has 4 N–H and O–H groups in total. The molecule has 1 saturated carbocycles. The van der Waals surface area contributed by atoms with Gasteiger partial charge in [0.05, 0.1) is 0 Å². The molecule has 3 heteroatoms. The van der Waals surface area contributed by atoms with Gasteiger partial charge in [0.15, 0.2) is 0 Å². The smallest absolute Gasteiger partial charge is 0.0267 e. The highest BCUT2D eigenvalue weighted by molar-refractivity contribution is 6.18. The Balaban J connectivity index is 2.42. The van der Waals surface area contributed by atoms with E-state index in [9.17, 15) is 0 Å². The van der Waals surface area contributed by atoms with Crippen molar-refractivity contribution in [2.75, 3.05) is 5.88 Å². The quantitative estimate of drug-likeness (QED) is 0.558. The van der Waals surface area contributed by atoms with E-state index in [0.29, 0.717) is 11.8 Å². The Hall–Kier alpha value is 0.210. The summed E-state index contributed by atoms with van der Waals surface area (Å²) in [6.07, 6.45) is 3.40. The van der Waals surface area contributed by atoms with Gasteiger partial charge in [-0.3, -0.25) is 0 Å². The molecule has 10 heavy (non-hydrogen) atoms. The zero-order valence-electron chi connectivity index (χ0n) is 6.09. The summed E-state index contributed by atoms with van der Waals surface area (Å²) in [4.78, 5) is 0. The van der Waals surface area contributed by atoms with Crippen LogP contribution < -0.4 is 11.5 Å². The highest BCUT2D eigenvalue weighted by Crippen LogP contribution is 2.22. The van der Waals surface area contributed by atoms with Gasteiger partial charge in [-0.25, -0.2) is 0 Å². The van der Waals surface area contributed by atoms with Crippen molar-refractivity contribution in [3.8, 4) is 0 Å². The lowest BCUT2D eigenvalue weighted by Crippen LogP contribution is -2.49. The normalized spacial score (nSPS) is 41.7. The van der Waals surface area contributed by atoms with E-state index in [-0.39, 0.29) is 12.1 Å². The highest BCUT2D eigenvalue weighted by atomic mass is 35.5. The Labute approximate surface area is 66.9 Å². The third kappa shape index (κ3) is 1.62. The molecular formula is C7H15ClN2. The predicted molar refractivity (Wildman–Crippen MR) is 44.0 cm³/mol. The van der Waals surface area contributed by atoms with Crippen LogP contribution >= 0.6 is 11.6 Å². The second kappa shape index (κ2) is 3.56. The van der Waals surface area contributed by atoms with Crippen molar-refractivity contribution in [1.29, 1.82) is 0 Å². The standard InChI is InChI=1S/C7H15ClN2/c8-4-5-2-1-3-6(9)7(5)10/h5-7H,1-4,9-10H2. The fourth-order valence-electron chi connectivity index (χ4n) is 1.53. The van der Waals surface area contributed by atoms with E-state index >= 15 is 0 Å². The topological polar surface area (TPSA) is 52.0 Å². The SMILES string of the molecule is NC1CCCC(CCl)C1N. The van der Waals surface area contributed by atoms with E-state index < -0.39 is 0 Å². The molecular weight excluding hydrogens is 148 g/mol. The summed E-state index contributed by atoms with van der Waals surface area (Å²) in [5.41, 5.74) is 11.6. The first-order chi connectivity index (χ1) is 4.75. The molecule has 0 aliphatic heterocycles. The highest BCUT2D eigenvalue weighted by Gasteiger charge is 2.26. The van der Waals surface area contributed by atoms with Gasteiger partial charge >= 0.3 is 0 Å². The molecule has 0 radical (unpaired) electrons. The lowest BCUT2D eigenvalue weighted by atomic mass is 9.83. The van der Waals surface area contributed by atoms with Crippen molar-refractivity contribution in [2.24, 2.45) is 17.4 Å². The van der Waals surface area contributed by atoms with Gasteiger partial charge in [-0.05, 0) is 18.8 Å². The molecule has 1 aliphatic carbocycles. The maximum atomic E-state index is 5.82. The molecule has 0 saturated heterocycles. The number of hydrogen-bond acceptors (Lipinski definition) is 2. The van der Waals surface area contributed by atoms with Crippen molar-refractivity contribution < 1.29 is 0 Å². The van der Waals surface area contributed by atoms with Gasteiger partial charge in [0.1, 0.15) is 0 Å². The minimum absolute atomic E-state index is 0.131. The van der Waals surface area contributed by atoms with Crippen molar-refractivity contribution in [2.45, 2.75) is 31.3 Å². The number of rotatable bonds is 1. The van der Waals surface area contributed by atoms with Gasteiger partial charge < -0.3 is 11.5 Å². The van der Waals surface area contributed by atoms with E-state index in [1.165, 1.54) is 6.42 Å². The number of hydrogen-bond donors (Lipinski definition) is 2. The van der Waals surface area contributed by atoms with Gasteiger partial charge in [-0.15, -0.1) is 11.6 Å². The first-order valence-electron chi connectivity index (χ1n) is 3.83. The van der Waals surface area contributed by atoms with E-state index in [4.69, 9.17) is 23.1 Å². The number of nitrogens with two attached hydrogens (primary N) is 2. The van der Waals surface area contributed by atoms with Crippen molar-refractivity contribution in [3.05, 3.63) is 0 Å². The van der Waals surface area contributed by atoms with Crippen LogP contribution in [0.3, 0.4) is 0 Å². The van der Waals surface area contributed by atoms with Crippen LogP contribution in [0.1, 0.15) is 19.3 Å². The van der Waals surface area contributed by atoms with Crippen LogP contribution in [0.15, 0.2) is 0 Å². The number of alkyl halides is 1. The predicted octanol–water partition coefficient (Wildman–Crippen LogP) is 0.680. The van der Waals surface area contributed by atoms with Gasteiger partial charge in [0.25, 0.3) is 0 Å². The Morgan fingerprint density at radius 3 is 2.50 bits per heavy atom. The largest absolute Gasteiger partial charge is 0.326 e. The molecule has 1 fully saturated rings. The molecule has 0 aromatic heterocycles. The minimum atomic E-state index is 0.131. The molecule has 3 atom stereocenters. The van der Waals surface area contributed by atoms with Crippen LogP contribution in [-0.2, 0) is 0 Å². The molecule has 1 aliphatic rings. The Bertz CT molecular complexity index is 108. The Morgan fingerprint density at radius 2 is 2.00 bits per heavy atom. The molecule has 0 amide bonds. The molecule has 60 valence electrons. The maximum absolute atomic E-state index is 5.82. The van der Waals surface area contributed by atoms with E-state index in [1.54, 1.807) is 0 Å². The first-order valence-corrected chi connectivity index (χ1v) is 4.36. The summed E-state index contributed by atoms with van der Waals surface area (Å²) < 4.78 is 0. The first kappa shape index (κ1) is 8.31. The summed E-state index contributed by atoms with van der Waals surface area (Å²) in [5.74, 6) is 1.11. The molecule has 3 unspecified atom stereocenters. The monoisotopic (exact) mass is 162 g/mol. The Kier molecular flexibility index (Phi) is 2.96. The maximum Gasteiger partial charge on any atom is 0.0267 e. The molecule has 0 aromatic carbocycles. The van der Waals surface area contributed by atoms with Gasteiger partial charge in [0.2, 0.25) is 0 Å². The van der Waals surface area contributed by atoms with Crippen LogP contribution in [0.25, 0.3) is 0 Å². The summed E-state index contributed by atoms with van der Waals surface area (Å²) in [5, 5.41) is 0. The van der Waals surface area contributed by atoms with E-state index in [0.717, 1.165) is 12.8 Å². The molecule has 0 aromatic rings. The van der Waals surface area contributed by atoms with Gasteiger partial charge in [-0.2, -0.15) is 0 Å². The second-order valence-corrected chi connectivity index (χ2v) is 3.40. The summed E-state index contributed by atoms with van der Waals surface area (Å²) in [6, 6.07) is 0.309. The van der Waals surface area contributed by atoms with Crippen molar-refractivity contribution >= 4 is 11.6 Å². The van der Waals surface area contributed by atoms with Crippen LogP contribution in [0, 0.1) is 5.92 Å². The lowest BCUT2D eigenvalue weighted by Gasteiger charge is -2.32. The molecule has 0 bridgehead atoms. The lowest BCUT2D eigenvalue weighted by molar-refractivity contribution is 0.296. The molecule has 0 spiro atoms. The number of halogens is 1. The third-order valence-electron chi connectivity index (χ3n) is 2.35.